The molecule has 2 bridgehead atoms. The summed E-state index contributed by atoms with van der Waals surface area (Å²) in [6, 6.07) is 18.3. The van der Waals surface area contributed by atoms with Crippen molar-refractivity contribution in [3.8, 4) is 0 Å². The molecule has 37 heavy (non-hydrogen) atoms. The van der Waals surface area contributed by atoms with Crippen molar-refractivity contribution in [3.05, 3.63) is 70.8 Å². The van der Waals surface area contributed by atoms with E-state index in [1.165, 1.54) is 57.4 Å². The van der Waals surface area contributed by atoms with Crippen LogP contribution in [0.1, 0.15) is 66.6 Å². The van der Waals surface area contributed by atoms with Gasteiger partial charge in [0.05, 0.1) is 0 Å². The molecule has 0 radical (unpaired) electrons. The first-order chi connectivity index (χ1) is 18.0. The van der Waals surface area contributed by atoms with Crippen molar-refractivity contribution in [2.45, 2.75) is 70.4 Å². The summed E-state index contributed by atoms with van der Waals surface area (Å²) < 4.78 is 0. The molecule has 7 atom stereocenters. The molecule has 1 N–H and O–H groups in total. The Morgan fingerprint density at radius 1 is 1.16 bits per heavy atom. The van der Waals surface area contributed by atoms with Gasteiger partial charge in [0, 0.05) is 36.2 Å². The van der Waals surface area contributed by atoms with Gasteiger partial charge >= 0.3 is 0 Å². The van der Waals surface area contributed by atoms with Gasteiger partial charge in [-0.3, -0.25) is 9.69 Å². The number of piperidine rings is 1. The Balaban J connectivity index is 1.31. The summed E-state index contributed by atoms with van der Waals surface area (Å²) >= 11 is 0. The van der Waals surface area contributed by atoms with Crippen LogP contribution >= 0.6 is 0 Å². The second-order valence-electron chi connectivity index (χ2n) is 13.2. The van der Waals surface area contributed by atoms with Gasteiger partial charge in [-0.2, -0.15) is 0 Å². The van der Waals surface area contributed by atoms with Gasteiger partial charge in [-0.15, -0.1) is 0 Å². The quantitative estimate of drug-likeness (QED) is 0.642. The molecule has 196 valence electrons. The molecule has 2 aliphatic carbocycles. The summed E-state index contributed by atoms with van der Waals surface area (Å²) in [5.41, 5.74) is 5.90. The van der Waals surface area contributed by atoms with Crippen LogP contribution in [0.5, 0.6) is 0 Å². The van der Waals surface area contributed by atoms with Crippen LogP contribution in [-0.4, -0.2) is 60.5 Å². The Morgan fingerprint density at radius 2 is 2.00 bits per heavy atom. The number of carbonyl (C=O) groups is 1. The monoisotopic (exact) mass is 497 g/mol. The summed E-state index contributed by atoms with van der Waals surface area (Å²) in [5, 5.41) is 3.60. The number of amides is 1. The van der Waals surface area contributed by atoms with E-state index in [1.807, 2.05) is 30.3 Å². The van der Waals surface area contributed by atoms with E-state index >= 15 is 0 Å². The average Bonchev–Trinajstić information content (AvgIpc) is 3.60. The SMILES string of the molecule is CCC1C2[C@@H](CN1C(=O)c1ccccc1)CC1(C)C3Cc4ccc(C)cc4C21CCN3CC1CCNC1. The number of nitrogens with zero attached hydrogens (tertiary/aromatic N) is 2. The molecular weight excluding hydrogens is 454 g/mol. The van der Waals surface area contributed by atoms with E-state index in [9.17, 15) is 4.79 Å². The molecule has 7 rings (SSSR count). The molecule has 5 aliphatic rings. The van der Waals surface area contributed by atoms with Crippen LogP contribution in [0.2, 0.25) is 0 Å². The van der Waals surface area contributed by atoms with Gasteiger partial charge in [0.2, 0.25) is 0 Å². The minimum Gasteiger partial charge on any atom is -0.335 e. The highest BCUT2D eigenvalue weighted by molar-refractivity contribution is 5.94. The topological polar surface area (TPSA) is 35.6 Å². The van der Waals surface area contributed by atoms with Crippen molar-refractivity contribution in [1.82, 2.24) is 15.1 Å². The Labute approximate surface area is 222 Å². The number of fused-ring (bicyclic) bond motifs is 2. The van der Waals surface area contributed by atoms with E-state index in [4.69, 9.17) is 0 Å². The Kier molecular flexibility index (Phi) is 5.61. The zero-order valence-corrected chi connectivity index (χ0v) is 22.9. The molecule has 3 aliphatic heterocycles. The van der Waals surface area contributed by atoms with Crippen molar-refractivity contribution < 1.29 is 4.79 Å². The fourth-order valence-electron chi connectivity index (χ4n) is 10.1. The molecule has 1 amide bonds. The van der Waals surface area contributed by atoms with E-state index in [-0.39, 0.29) is 16.7 Å². The summed E-state index contributed by atoms with van der Waals surface area (Å²) in [6.07, 6.45) is 6.05. The molecular formula is C33H43N3O. The number of aryl methyl sites for hydroxylation is 1. The van der Waals surface area contributed by atoms with Crippen LogP contribution in [-0.2, 0) is 11.8 Å². The minimum atomic E-state index is 0.165. The lowest BCUT2D eigenvalue weighted by Crippen LogP contribution is -2.67. The van der Waals surface area contributed by atoms with Crippen molar-refractivity contribution in [2.24, 2.45) is 23.2 Å². The van der Waals surface area contributed by atoms with Crippen LogP contribution in [0.25, 0.3) is 0 Å². The summed E-state index contributed by atoms with van der Waals surface area (Å²) in [5.74, 6) is 2.17. The smallest absolute Gasteiger partial charge is 0.254 e. The maximum Gasteiger partial charge on any atom is 0.254 e. The van der Waals surface area contributed by atoms with E-state index in [1.54, 1.807) is 11.1 Å². The van der Waals surface area contributed by atoms with Crippen molar-refractivity contribution in [3.63, 3.8) is 0 Å². The molecule has 0 spiro atoms. The zero-order chi connectivity index (χ0) is 25.4. The van der Waals surface area contributed by atoms with Gasteiger partial charge < -0.3 is 10.2 Å². The standard InChI is InChI=1S/C33H43N3O/c1-4-28-30-26(21-36(28)31(37)24-8-6-5-7-9-24)18-32(3)29-17-25-11-10-22(2)16-27(25)33(30,32)13-15-35(29)20-23-12-14-34-19-23/h5-11,16,23,26,28-30,34H,4,12-15,17-21H2,1-3H3/t23?,26-,28?,29?,30?,32?,33?/m1/s1. The number of likely N-dealkylation sites (tertiary alicyclic amines) is 2. The van der Waals surface area contributed by atoms with Crippen LogP contribution in [0.15, 0.2) is 48.5 Å². The number of rotatable bonds is 4. The molecule has 4 nitrogen and oxygen atoms in total. The molecule has 2 aromatic carbocycles. The van der Waals surface area contributed by atoms with Gasteiger partial charge in [-0.05, 0) is 105 Å². The summed E-state index contributed by atoms with van der Waals surface area (Å²) in [7, 11) is 0. The van der Waals surface area contributed by atoms with E-state index < -0.39 is 0 Å². The minimum absolute atomic E-state index is 0.165. The third-order valence-corrected chi connectivity index (χ3v) is 11.5. The van der Waals surface area contributed by atoms with Gasteiger partial charge in [0.25, 0.3) is 5.91 Å². The van der Waals surface area contributed by atoms with Crippen LogP contribution < -0.4 is 5.32 Å². The first-order valence-corrected chi connectivity index (χ1v) is 14.9. The van der Waals surface area contributed by atoms with Crippen molar-refractivity contribution in [2.75, 3.05) is 32.7 Å². The molecule has 0 aromatic heterocycles. The first-order valence-electron chi connectivity index (χ1n) is 14.9. The van der Waals surface area contributed by atoms with Crippen molar-refractivity contribution in [1.29, 1.82) is 0 Å². The zero-order valence-electron chi connectivity index (χ0n) is 22.9. The highest BCUT2D eigenvalue weighted by atomic mass is 16.2. The van der Waals surface area contributed by atoms with Crippen LogP contribution in [0.3, 0.4) is 0 Å². The third-order valence-electron chi connectivity index (χ3n) is 11.5. The third kappa shape index (κ3) is 3.31. The normalized spacial score (nSPS) is 38.4. The Bertz CT molecular complexity index is 1190. The van der Waals surface area contributed by atoms with Crippen molar-refractivity contribution >= 4 is 5.91 Å². The maximum absolute atomic E-state index is 13.8. The average molecular weight is 498 g/mol. The Morgan fingerprint density at radius 3 is 2.76 bits per heavy atom. The largest absolute Gasteiger partial charge is 0.335 e. The summed E-state index contributed by atoms with van der Waals surface area (Å²) in [6.45, 7) is 13.0. The molecule has 3 heterocycles. The fourth-order valence-corrected chi connectivity index (χ4v) is 10.1. The predicted molar refractivity (Wildman–Crippen MR) is 149 cm³/mol. The van der Waals surface area contributed by atoms with Gasteiger partial charge in [0.15, 0.2) is 0 Å². The highest BCUT2D eigenvalue weighted by Gasteiger charge is 2.72. The lowest BCUT2D eigenvalue weighted by atomic mass is 9.48. The van der Waals surface area contributed by atoms with E-state index in [0.717, 1.165) is 24.4 Å². The van der Waals surface area contributed by atoms with Crippen LogP contribution in [0.4, 0.5) is 0 Å². The lowest BCUT2D eigenvalue weighted by molar-refractivity contribution is -0.0656. The van der Waals surface area contributed by atoms with Gasteiger partial charge in [0.1, 0.15) is 0 Å². The molecule has 3 saturated heterocycles. The van der Waals surface area contributed by atoms with Gasteiger partial charge in [-0.1, -0.05) is 55.8 Å². The first kappa shape index (κ1) is 23.9. The number of hydrogen-bond acceptors (Lipinski definition) is 3. The molecule has 4 heteroatoms. The Hall–Kier alpha value is -2.17. The molecule has 6 unspecified atom stereocenters. The summed E-state index contributed by atoms with van der Waals surface area (Å²) in [4.78, 5) is 19.0. The predicted octanol–water partition coefficient (Wildman–Crippen LogP) is 5.05. The number of benzene rings is 2. The molecule has 4 fully saturated rings. The lowest BCUT2D eigenvalue weighted by Gasteiger charge is -2.63. The second kappa shape index (κ2) is 8.68. The number of hydrogen-bond donors (Lipinski definition) is 1. The van der Waals surface area contributed by atoms with E-state index in [0.29, 0.717) is 23.9 Å². The molecule has 1 saturated carbocycles. The van der Waals surface area contributed by atoms with Gasteiger partial charge in [-0.25, -0.2) is 0 Å². The van der Waals surface area contributed by atoms with E-state index in [2.05, 4.69) is 54.1 Å². The number of nitrogens with one attached hydrogen (secondary N) is 1. The second-order valence-corrected chi connectivity index (χ2v) is 13.2. The number of carbonyl (C=O) groups excluding carboxylic acids is 1. The van der Waals surface area contributed by atoms with Crippen LogP contribution in [0, 0.1) is 30.1 Å². The highest BCUT2D eigenvalue weighted by Crippen LogP contribution is 2.71. The molecule has 2 aromatic rings. The fraction of sp³-hybridized carbons (Fsp3) is 0.606. The maximum atomic E-state index is 13.8.